The van der Waals surface area contributed by atoms with Gasteiger partial charge >= 0.3 is 5.69 Å². The third kappa shape index (κ3) is 3.90. The van der Waals surface area contributed by atoms with Gasteiger partial charge in [0, 0.05) is 0 Å². The molecule has 5 rings (SSSR count). The summed E-state index contributed by atoms with van der Waals surface area (Å²) < 4.78 is 13.6. The second-order valence-electron chi connectivity index (χ2n) is 7.97. The van der Waals surface area contributed by atoms with Crippen molar-refractivity contribution in [3.63, 3.8) is 0 Å². The van der Waals surface area contributed by atoms with Crippen molar-refractivity contribution in [2.45, 2.75) is 20.0 Å². The topological polar surface area (TPSA) is 92.2 Å². The van der Waals surface area contributed by atoms with Gasteiger partial charge in [-0.2, -0.15) is 4.98 Å². The molecule has 3 aromatic carbocycles. The van der Waals surface area contributed by atoms with Gasteiger partial charge in [0.05, 0.1) is 30.1 Å². The third-order valence-electron chi connectivity index (χ3n) is 5.70. The van der Waals surface area contributed by atoms with E-state index in [0.717, 1.165) is 11.1 Å². The summed E-state index contributed by atoms with van der Waals surface area (Å²) in [5.41, 5.74) is 2.38. The van der Waals surface area contributed by atoms with E-state index in [1.165, 1.54) is 9.13 Å². The van der Waals surface area contributed by atoms with Crippen LogP contribution in [0.2, 0.25) is 0 Å². The van der Waals surface area contributed by atoms with Crippen LogP contribution >= 0.6 is 0 Å². The molecule has 0 unspecified atom stereocenters. The molecule has 0 aliphatic rings. The lowest BCUT2D eigenvalue weighted by Crippen LogP contribution is -2.40. The molecule has 8 heteroatoms. The maximum atomic E-state index is 13.5. The Balaban J connectivity index is 1.59. The minimum absolute atomic E-state index is 0.0235. The number of ether oxygens (including phenoxy) is 1. The minimum atomic E-state index is -0.443. The highest BCUT2D eigenvalue weighted by Crippen LogP contribution is 2.27. The zero-order valence-electron chi connectivity index (χ0n) is 18.8. The molecule has 0 aliphatic heterocycles. The highest BCUT2D eigenvalue weighted by molar-refractivity contribution is 5.78. The first-order valence-electron chi connectivity index (χ1n) is 10.8. The lowest BCUT2D eigenvalue weighted by Gasteiger charge is -2.13. The number of hydrogen-bond donors (Lipinski definition) is 0. The van der Waals surface area contributed by atoms with Crippen LogP contribution in [0, 0.1) is 6.92 Å². The van der Waals surface area contributed by atoms with Crippen LogP contribution in [0.4, 0.5) is 0 Å². The molecule has 0 aliphatic carbocycles. The second kappa shape index (κ2) is 8.82. The van der Waals surface area contributed by atoms with E-state index in [1.807, 2.05) is 55.5 Å². The molecular formula is C26H22N4O4. The summed E-state index contributed by atoms with van der Waals surface area (Å²) in [6.07, 6.45) is 0. The molecule has 2 aromatic heterocycles. The zero-order valence-corrected chi connectivity index (χ0v) is 18.8. The predicted molar refractivity (Wildman–Crippen MR) is 128 cm³/mol. The molecule has 170 valence electrons. The molecule has 0 bridgehead atoms. The Labute approximate surface area is 194 Å². The Morgan fingerprint density at radius 2 is 1.62 bits per heavy atom. The molecular weight excluding hydrogens is 432 g/mol. The maximum absolute atomic E-state index is 13.5. The van der Waals surface area contributed by atoms with Crippen molar-refractivity contribution in [3.05, 3.63) is 111 Å². The largest absolute Gasteiger partial charge is 0.496 e. The smallest absolute Gasteiger partial charge is 0.332 e. The summed E-state index contributed by atoms with van der Waals surface area (Å²) in [7, 11) is 1.57. The lowest BCUT2D eigenvalue weighted by molar-refractivity contribution is 0.369. The molecule has 0 amide bonds. The Bertz CT molecular complexity index is 1600. The molecule has 0 saturated heterocycles. The van der Waals surface area contributed by atoms with Gasteiger partial charge in [-0.25, -0.2) is 4.79 Å². The van der Waals surface area contributed by atoms with E-state index in [-0.39, 0.29) is 24.5 Å². The van der Waals surface area contributed by atoms with Crippen molar-refractivity contribution in [1.29, 1.82) is 0 Å². The quantitative estimate of drug-likeness (QED) is 0.389. The predicted octanol–water partition coefficient (Wildman–Crippen LogP) is 3.63. The molecule has 5 aromatic rings. The van der Waals surface area contributed by atoms with E-state index >= 15 is 0 Å². The highest BCUT2D eigenvalue weighted by Gasteiger charge is 2.18. The molecule has 0 saturated carbocycles. The van der Waals surface area contributed by atoms with E-state index < -0.39 is 5.69 Å². The standard InChI is InChI=1S/C26H22N4O4/c1-17-11-13-18(14-12-17)15-30-25(31)19-7-3-5-9-21(19)29(26(30)32)16-23-27-24(28-34-23)20-8-4-6-10-22(20)33-2/h3-14H,15-16H2,1-2H3. The van der Waals surface area contributed by atoms with Crippen molar-refractivity contribution >= 4 is 10.9 Å². The monoisotopic (exact) mass is 454 g/mol. The number of nitrogens with zero attached hydrogens (tertiary/aromatic N) is 4. The zero-order chi connectivity index (χ0) is 23.7. The number of fused-ring (bicyclic) bond motifs is 1. The summed E-state index contributed by atoms with van der Waals surface area (Å²) in [5, 5.41) is 4.51. The van der Waals surface area contributed by atoms with E-state index in [9.17, 15) is 9.59 Å². The van der Waals surface area contributed by atoms with Crippen molar-refractivity contribution in [3.8, 4) is 17.1 Å². The fourth-order valence-electron chi connectivity index (χ4n) is 3.93. The number of hydrogen-bond acceptors (Lipinski definition) is 6. The van der Waals surface area contributed by atoms with Gasteiger partial charge < -0.3 is 9.26 Å². The van der Waals surface area contributed by atoms with E-state index in [2.05, 4.69) is 10.1 Å². The van der Waals surface area contributed by atoms with Gasteiger partial charge in [0.15, 0.2) is 0 Å². The van der Waals surface area contributed by atoms with E-state index in [0.29, 0.717) is 28.0 Å². The Hall–Kier alpha value is -4.46. The molecule has 0 atom stereocenters. The highest BCUT2D eigenvalue weighted by atomic mass is 16.5. The van der Waals surface area contributed by atoms with Crippen molar-refractivity contribution in [1.82, 2.24) is 19.3 Å². The Morgan fingerprint density at radius 1 is 0.882 bits per heavy atom. The first-order chi connectivity index (χ1) is 16.5. The van der Waals surface area contributed by atoms with Gasteiger partial charge in [-0.3, -0.25) is 13.9 Å². The summed E-state index contributed by atoms with van der Waals surface area (Å²) in [6.45, 7) is 2.18. The van der Waals surface area contributed by atoms with Gasteiger partial charge in [0.2, 0.25) is 11.7 Å². The van der Waals surface area contributed by atoms with Crippen molar-refractivity contribution < 1.29 is 9.26 Å². The molecule has 34 heavy (non-hydrogen) atoms. The van der Waals surface area contributed by atoms with Crippen LogP contribution in [-0.4, -0.2) is 26.4 Å². The third-order valence-corrected chi connectivity index (χ3v) is 5.70. The second-order valence-corrected chi connectivity index (χ2v) is 7.97. The van der Waals surface area contributed by atoms with Crippen LogP contribution in [0.15, 0.2) is 86.9 Å². The first-order valence-corrected chi connectivity index (χ1v) is 10.8. The average Bonchev–Trinajstić information content (AvgIpc) is 3.34. The van der Waals surface area contributed by atoms with Gasteiger partial charge in [0.25, 0.3) is 5.56 Å². The summed E-state index contributed by atoms with van der Waals surface area (Å²) in [5.74, 6) is 1.22. The van der Waals surface area contributed by atoms with Crippen LogP contribution in [0.3, 0.4) is 0 Å². The first kappa shape index (κ1) is 21.4. The fourth-order valence-corrected chi connectivity index (χ4v) is 3.93. The summed E-state index contributed by atoms with van der Waals surface area (Å²) in [4.78, 5) is 31.1. The summed E-state index contributed by atoms with van der Waals surface area (Å²) in [6, 6.07) is 22.1. The van der Waals surface area contributed by atoms with Crippen LogP contribution in [0.1, 0.15) is 17.0 Å². The van der Waals surface area contributed by atoms with Crippen LogP contribution in [0.25, 0.3) is 22.3 Å². The normalized spacial score (nSPS) is 11.1. The van der Waals surface area contributed by atoms with Crippen molar-refractivity contribution in [2.75, 3.05) is 7.11 Å². The average molecular weight is 454 g/mol. The number of aromatic nitrogens is 4. The molecule has 0 spiro atoms. The number of rotatable bonds is 6. The molecule has 2 heterocycles. The Kier molecular flexibility index (Phi) is 5.55. The molecule has 0 radical (unpaired) electrons. The van der Waals surface area contributed by atoms with Crippen LogP contribution < -0.4 is 16.0 Å². The SMILES string of the molecule is COc1ccccc1-c1noc(Cn2c(=O)n(Cc3ccc(C)cc3)c(=O)c3ccccc32)n1. The molecule has 0 fully saturated rings. The van der Waals surface area contributed by atoms with Gasteiger partial charge in [-0.15, -0.1) is 0 Å². The molecule has 8 nitrogen and oxygen atoms in total. The number of para-hydroxylation sites is 2. The fraction of sp³-hybridized carbons (Fsp3) is 0.154. The number of methoxy groups -OCH3 is 1. The van der Waals surface area contributed by atoms with Crippen molar-refractivity contribution in [2.24, 2.45) is 0 Å². The number of benzene rings is 3. The van der Waals surface area contributed by atoms with Crippen LogP contribution in [-0.2, 0) is 13.1 Å². The van der Waals surface area contributed by atoms with E-state index in [4.69, 9.17) is 9.26 Å². The van der Waals surface area contributed by atoms with E-state index in [1.54, 1.807) is 31.4 Å². The maximum Gasteiger partial charge on any atom is 0.332 e. The minimum Gasteiger partial charge on any atom is -0.496 e. The lowest BCUT2D eigenvalue weighted by atomic mass is 10.1. The van der Waals surface area contributed by atoms with Gasteiger partial charge in [-0.1, -0.05) is 59.3 Å². The molecule has 0 N–H and O–H groups in total. The number of aryl methyl sites for hydroxylation is 1. The Morgan fingerprint density at radius 3 is 2.41 bits per heavy atom. The van der Waals surface area contributed by atoms with Gasteiger partial charge in [0.1, 0.15) is 12.3 Å². The van der Waals surface area contributed by atoms with Gasteiger partial charge in [-0.05, 0) is 36.8 Å². The van der Waals surface area contributed by atoms with Crippen LogP contribution in [0.5, 0.6) is 5.75 Å². The summed E-state index contributed by atoms with van der Waals surface area (Å²) >= 11 is 0.